The molecule has 0 spiro atoms. The van der Waals surface area contributed by atoms with Gasteiger partial charge in [0.1, 0.15) is 0 Å². The van der Waals surface area contributed by atoms with Gasteiger partial charge in [0.15, 0.2) is 0 Å². The average molecular weight is 143 g/mol. The van der Waals surface area contributed by atoms with Gasteiger partial charge in [0.25, 0.3) is 0 Å². The highest BCUT2D eigenvalue weighted by Gasteiger charge is 2.18. The van der Waals surface area contributed by atoms with Crippen molar-refractivity contribution in [3.63, 3.8) is 0 Å². The molecule has 0 aromatic rings. The number of rotatable bonds is 2. The summed E-state index contributed by atoms with van der Waals surface area (Å²) in [5.41, 5.74) is 5.78. The highest BCUT2D eigenvalue weighted by molar-refractivity contribution is 4.72. The molecule has 0 aliphatic carbocycles. The monoisotopic (exact) mass is 143 g/mol. The number of ether oxygens (including phenoxy) is 1. The van der Waals surface area contributed by atoms with Crippen molar-refractivity contribution in [3.05, 3.63) is 0 Å². The number of hydrogen-bond donors (Lipinski definition) is 1. The zero-order chi connectivity index (χ0) is 7.40. The van der Waals surface area contributed by atoms with Crippen molar-refractivity contribution >= 4 is 0 Å². The normalized spacial score (nSPS) is 34.2. The molecule has 0 radical (unpaired) electrons. The van der Waals surface area contributed by atoms with Gasteiger partial charge in [-0.15, -0.1) is 0 Å². The molecule has 0 amide bonds. The second kappa shape index (κ2) is 3.94. The molecule has 1 rings (SSSR count). The lowest BCUT2D eigenvalue weighted by molar-refractivity contribution is 0.00299. The SMILES string of the molecule is CCCC1CC(N)CCO1. The Kier molecular flexibility index (Phi) is 3.16. The summed E-state index contributed by atoms with van der Waals surface area (Å²) in [5, 5.41) is 0. The first-order chi connectivity index (χ1) is 4.83. The minimum atomic E-state index is 0.394. The van der Waals surface area contributed by atoms with Crippen molar-refractivity contribution in [2.75, 3.05) is 6.61 Å². The summed E-state index contributed by atoms with van der Waals surface area (Å²) in [7, 11) is 0. The molecular formula is C8H17NO. The maximum atomic E-state index is 5.78. The van der Waals surface area contributed by atoms with Gasteiger partial charge in [-0.1, -0.05) is 13.3 Å². The third kappa shape index (κ3) is 2.27. The van der Waals surface area contributed by atoms with E-state index in [1.54, 1.807) is 0 Å². The second-order valence-electron chi connectivity index (χ2n) is 3.07. The molecule has 0 aromatic heterocycles. The maximum absolute atomic E-state index is 5.78. The molecule has 2 atom stereocenters. The van der Waals surface area contributed by atoms with Crippen LogP contribution in [0.4, 0.5) is 0 Å². The molecule has 2 unspecified atom stereocenters. The van der Waals surface area contributed by atoms with Gasteiger partial charge in [0, 0.05) is 12.6 Å². The smallest absolute Gasteiger partial charge is 0.0589 e. The Hall–Kier alpha value is -0.0800. The average Bonchev–Trinajstić information content (AvgIpc) is 1.88. The third-order valence-corrected chi connectivity index (χ3v) is 2.02. The molecule has 1 fully saturated rings. The fourth-order valence-corrected chi connectivity index (χ4v) is 1.43. The van der Waals surface area contributed by atoms with Crippen LogP contribution in [0, 0.1) is 0 Å². The molecule has 1 heterocycles. The Morgan fingerprint density at radius 2 is 2.40 bits per heavy atom. The van der Waals surface area contributed by atoms with Crippen LogP contribution in [0.5, 0.6) is 0 Å². The lowest BCUT2D eigenvalue weighted by Crippen LogP contribution is -2.34. The van der Waals surface area contributed by atoms with Crippen LogP contribution in [-0.4, -0.2) is 18.8 Å². The van der Waals surface area contributed by atoms with Gasteiger partial charge >= 0.3 is 0 Å². The van der Waals surface area contributed by atoms with Gasteiger partial charge < -0.3 is 10.5 Å². The van der Waals surface area contributed by atoms with E-state index >= 15 is 0 Å². The van der Waals surface area contributed by atoms with Crippen LogP contribution in [0.25, 0.3) is 0 Å². The van der Waals surface area contributed by atoms with Gasteiger partial charge in [0.05, 0.1) is 6.10 Å². The predicted molar refractivity (Wildman–Crippen MR) is 41.9 cm³/mol. The van der Waals surface area contributed by atoms with Gasteiger partial charge in [-0.05, 0) is 19.3 Å². The molecule has 10 heavy (non-hydrogen) atoms. The zero-order valence-electron chi connectivity index (χ0n) is 6.68. The van der Waals surface area contributed by atoms with Crippen LogP contribution in [0.15, 0.2) is 0 Å². The largest absolute Gasteiger partial charge is 0.378 e. The Bertz CT molecular complexity index is 93.3. The van der Waals surface area contributed by atoms with E-state index < -0.39 is 0 Å². The molecular weight excluding hydrogens is 126 g/mol. The Morgan fingerprint density at radius 3 is 3.00 bits per heavy atom. The summed E-state index contributed by atoms with van der Waals surface area (Å²) in [6, 6.07) is 0.394. The van der Waals surface area contributed by atoms with Crippen molar-refractivity contribution in [1.82, 2.24) is 0 Å². The minimum Gasteiger partial charge on any atom is -0.378 e. The lowest BCUT2D eigenvalue weighted by Gasteiger charge is -2.26. The van der Waals surface area contributed by atoms with E-state index in [4.69, 9.17) is 10.5 Å². The summed E-state index contributed by atoms with van der Waals surface area (Å²) < 4.78 is 5.51. The van der Waals surface area contributed by atoms with E-state index in [-0.39, 0.29) is 0 Å². The summed E-state index contributed by atoms with van der Waals surface area (Å²) in [4.78, 5) is 0. The maximum Gasteiger partial charge on any atom is 0.0589 e. The van der Waals surface area contributed by atoms with Crippen molar-refractivity contribution in [2.45, 2.75) is 44.8 Å². The van der Waals surface area contributed by atoms with Crippen LogP contribution < -0.4 is 5.73 Å². The highest BCUT2D eigenvalue weighted by Crippen LogP contribution is 2.15. The molecule has 1 aliphatic heterocycles. The highest BCUT2D eigenvalue weighted by atomic mass is 16.5. The summed E-state index contributed by atoms with van der Waals surface area (Å²) in [6.45, 7) is 3.05. The van der Waals surface area contributed by atoms with Crippen LogP contribution >= 0.6 is 0 Å². The first-order valence-electron chi connectivity index (χ1n) is 4.20. The standard InChI is InChI=1S/C8H17NO/c1-2-3-8-6-7(9)4-5-10-8/h7-8H,2-6,9H2,1H3. The summed E-state index contributed by atoms with van der Waals surface area (Å²) in [6.07, 6.45) is 4.94. The molecule has 2 N–H and O–H groups in total. The topological polar surface area (TPSA) is 35.2 Å². The van der Waals surface area contributed by atoms with Gasteiger partial charge in [0.2, 0.25) is 0 Å². The van der Waals surface area contributed by atoms with E-state index in [1.165, 1.54) is 12.8 Å². The molecule has 0 bridgehead atoms. The van der Waals surface area contributed by atoms with Gasteiger partial charge in [-0.25, -0.2) is 0 Å². The van der Waals surface area contributed by atoms with E-state index in [1.807, 2.05) is 0 Å². The fourth-order valence-electron chi connectivity index (χ4n) is 1.43. The van der Waals surface area contributed by atoms with Crippen molar-refractivity contribution in [2.24, 2.45) is 5.73 Å². The Balaban J connectivity index is 2.18. The molecule has 1 saturated heterocycles. The fraction of sp³-hybridized carbons (Fsp3) is 1.00. The molecule has 60 valence electrons. The Morgan fingerprint density at radius 1 is 1.60 bits per heavy atom. The van der Waals surface area contributed by atoms with E-state index in [9.17, 15) is 0 Å². The second-order valence-corrected chi connectivity index (χ2v) is 3.07. The zero-order valence-corrected chi connectivity index (χ0v) is 6.68. The first kappa shape index (κ1) is 8.02. The van der Waals surface area contributed by atoms with E-state index in [2.05, 4.69) is 6.92 Å². The predicted octanol–water partition coefficient (Wildman–Crippen LogP) is 1.29. The van der Waals surface area contributed by atoms with E-state index in [0.717, 1.165) is 19.4 Å². The van der Waals surface area contributed by atoms with Gasteiger partial charge in [-0.2, -0.15) is 0 Å². The number of nitrogens with two attached hydrogens (primary N) is 1. The van der Waals surface area contributed by atoms with Crippen LogP contribution in [-0.2, 0) is 4.74 Å². The lowest BCUT2D eigenvalue weighted by atomic mass is 10.0. The Labute approximate surface area is 62.7 Å². The van der Waals surface area contributed by atoms with Crippen LogP contribution in [0.2, 0.25) is 0 Å². The van der Waals surface area contributed by atoms with Crippen molar-refractivity contribution in [3.8, 4) is 0 Å². The van der Waals surface area contributed by atoms with Crippen LogP contribution in [0.1, 0.15) is 32.6 Å². The first-order valence-corrected chi connectivity index (χ1v) is 4.20. The van der Waals surface area contributed by atoms with Gasteiger partial charge in [-0.3, -0.25) is 0 Å². The molecule has 2 nitrogen and oxygen atoms in total. The summed E-state index contributed by atoms with van der Waals surface area (Å²) in [5.74, 6) is 0. The minimum absolute atomic E-state index is 0.394. The summed E-state index contributed by atoms with van der Waals surface area (Å²) >= 11 is 0. The number of hydrogen-bond acceptors (Lipinski definition) is 2. The third-order valence-electron chi connectivity index (χ3n) is 2.02. The van der Waals surface area contributed by atoms with E-state index in [0.29, 0.717) is 12.1 Å². The quantitative estimate of drug-likeness (QED) is 0.632. The van der Waals surface area contributed by atoms with Crippen molar-refractivity contribution in [1.29, 1.82) is 0 Å². The molecule has 1 aliphatic rings. The molecule has 0 aromatic carbocycles. The van der Waals surface area contributed by atoms with Crippen LogP contribution in [0.3, 0.4) is 0 Å². The van der Waals surface area contributed by atoms with Crippen molar-refractivity contribution < 1.29 is 4.74 Å². The molecule has 2 heteroatoms. The molecule has 0 saturated carbocycles.